The van der Waals surface area contributed by atoms with Gasteiger partial charge in [0.2, 0.25) is 10.0 Å². The third-order valence-electron chi connectivity index (χ3n) is 6.27. The van der Waals surface area contributed by atoms with Gasteiger partial charge in [-0.25, -0.2) is 8.42 Å². The molecular weight excluding hydrogens is 427 g/mol. The van der Waals surface area contributed by atoms with E-state index in [0.717, 1.165) is 27.8 Å². The summed E-state index contributed by atoms with van der Waals surface area (Å²) >= 11 is 12.3. The molecule has 0 amide bonds. The van der Waals surface area contributed by atoms with E-state index in [-0.39, 0.29) is 0 Å². The number of nitrogens with zero attached hydrogens (tertiary/aromatic N) is 2. The van der Waals surface area contributed by atoms with Gasteiger partial charge in [0.15, 0.2) is 0 Å². The number of halogens is 2. The van der Waals surface area contributed by atoms with Crippen LogP contribution in [0.25, 0.3) is 0 Å². The van der Waals surface area contributed by atoms with E-state index in [0.29, 0.717) is 47.7 Å². The van der Waals surface area contributed by atoms with Crippen LogP contribution >= 0.6 is 23.2 Å². The molecule has 0 aliphatic carbocycles. The second-order valence-corrected chi connectivity index (χ2v) is 10.6. The molecule has 1 saturated heterocycles. The van der Waals surface area contributed by atoms with E-state index in [9.17, 15) is 8.42 Å². The van der Waals surface area contributed by atoms with Crippen molar-refractivity contribution in [3.63, 3.8) is 0 Å². The molecule has 1 fully saturated rings. The molecule has 0 atom stereocenters. The smallest absolute Gasteiger partial charge is 0.243 e. The molecule has 3 rings (SSSR count). The second-order valence-electron chi connectivity index (χ2n) is 7.87. The quantitative estimate of drug-likeness (QED) is 0.649. The lowest BCUT2D eigenvalue weighted by atomic mass is 9.95. The number of benzene rings is 2. The highest BCUT2D eigenvalue weighted by Gasteiger charge is 2.32. The fourth-order valence-corrected chi connectivity index (χ4v) is 6.45. The molecule has 0 N–H and O–H groups in total. The van der Waals surface area contributed by atoms with Crippen LogP contribution in [-0.2, 0) is 16.6 Å². The van der Waals surface area contributed by atoms with Gasteiger partial charge >= 0.3 is 0 Å². The van der Waals surface area contributed by atoms with Crippen molar-refractivity contribution in [1.29, 1.82) is 0 Å². The van der Waals surface area contributed by atoms with Crippen LogP contribution in [0.15, 0.2) is 23.1 Å². The normalized spacial score (nSPS) is 16.4. The summed E-state index contributed by atoms with van der Waals surface area (Å²) < 4.78 is 28.6. The fourth-order valence-electron chi connectivity index (χ4n) is 4.00. The number of rotatable bonds is 4. The molecule has 2 aromatic carbocycles. The monoisotopic (exact) mass is 454 g/mol. The van der Waals surface area contributed by atoms with E-state index in [1.165, 1.54) is 5.56 Å². The Morgan fingerprint density at radius 1 is 0.828 bits per heavy atom. The van der Waals surface area contributed by atoms with Gasteiger partial charge in [-0.2, -0.15) is 4.31 Å². The summed E-state index contributed by atoms with van der Waals surface area (Å²) in [6.45, 7) is 12.9. The highest BCUT2D eigenvalue weighted by molar-refractivity contribution is 7.89. The Morgan fingerprint density at radius 3 is 1.86 bits per heavy atom. The van der Waals surface area contributed by atoms with Gasteiger partial charge in [0.1, 0.15) is 0 Å². The van der Waals surface area contributed by atoms with Crippen LogP contribution in [0, 0.1) is 34.6 Å². The van der Waals surface area contributed by atoms with Crippen LogP contribution in [0.3, 0.4) is 0 Å². The van der Waals surface area contributed by atoms with Crippen molar-refractivity contribution < 1.29 is 8.42 Å². The van der Waals surface area contributed by atoms with Gasteiger partial charge in [0.05, 0.1) is 4.90 Å². The zero-order valence-corrected chi connectivity index (χ0v) is 20.0. The minimum Gasteiger partial charge on any atom is -0.296 e. The maximum atomic E-state index is 13.5. The van der Waals surface area contributed by atoms with Crippen molar-refractivity contribution in [2.24, 2.45) is 0 Å². The van der Waals surface area contributed by atoms with Crippen molar-refractivity contribution in [2.45, 2.75) is 46.1 Å². The molecular formula is C22H28Cl2N2O2S. The van der Waals surface area contributed by atoms with E-state index >= 15 is 0 Å². The number of piperazine rings is 1. The Labute approximate surface area is 184 Å². The van der Waals surface area contributed by atoms with Crippen LogP contribution < -0.4 is 0 Å². The zero-order valence-electron chi connectivity index (χ0n) is 17.6. The maximum Gasteiger partial charge on any atom is 0.243 e. The summed E-state index contributed by atoms with van der Waals surface area (Å²) in [6, 6.07) is 5.50. The summed E-state index contributed by atoms with van der Waals surface area (Å²) in [5.74, 6) is 0. The summed E-state index contributed by atoms with van der Waals surface area (Å²) in [7, 11) is -3.53. The van der Waals surface area contributed by atoms with Gasteiger partial charge in [-0.05, 0) is 80.1 Å². The van der Waals surface area contributed by atoms with Crippen molar-refractivity contribution in [1.82, 2.24) is 9.21 Å². The molecule has 1 aliphatic rings. The van der Waals surface area contributed by atoms with E-state index in [2.05, 4.69) is 11.8 Å². The lowest BCUT2D eigenvalue weighted by Gasteiger charge is -2.35. The van der Waals surface area contributed by atoms with Crippen molar-refractivity contribution in [2.75, 3.05) is 26.2 Å². The molecule has 0 radical (unpaired) electrons. The highest BCUT2D eigenvalue weighted by atomic mass is 35.5. The van der Waals surface area contributed by atoms with Crippen molar-refractivity contribution >= 4 is 33.2 Å². The Bertz CT molecular complexity index is 1010. The molecule has 7 heteroatoms. The third-order valence-corrected chi connectivity index (χ3v) is 9.03. The Balaban J connectivity index is 1.79. The first-order chi connectivity index (χ1) is 13.5. The number of hydrogen-bond acceptors (Lipinski definition) is 3. The Kier molecular flexibility index (Phi) is 6.66. The summed E-state index contributed by atoms with van der Waals surface area (Å²) in [5, 5.41) is 1.26. The number of sulfonamides is 1. The molecule has 0 bridgehead atoms. The van der Waals surface area contributed by atoms with Crippen molar-refractivity contribution in [3.05, 3.63) is 61.6 Å². The average molecular weight is 455 g/mol. The first kappa shape index (κ1) is 22.6. The summed E-state index contributed by atoms with van der Waals surface area (Å²) in [6.07, 6.45) is 0. The molecule has 0 saturated carbocycles. The standard InChI is InChI=1S/C22H28Cl2N2O2S/c1-14-15(2)17(4)22(18(5)16(14)3)29(27,28)26-10-8-25(9-11-26)13-19-6-7-20(23)12-21(19)24/h6-7,12H,8-11,13H2,1-5H3. The minimum absolute atomic E-state index is 0.471. The van der Waals surface area contributed by atoms with Crippen LogP contribution in [0.4, 0.5) is 0 Å². The summed E-state index contributed by atoms with van der Waals surface area (Å²) in [4.78, 5) is 2.71. The van der Waals surface area contributed by atoms with E-state index in [4.69, 9.17) is 23.2 Å². The molecule has 0 unspecified atom stereocenters. The lowest BCUT2D eigenvalue weighted by molar-refractivity contribution is 0.181. The predicted molar refractivity (Wildman–Crippen MR) is 121 cm³/mol. The largest absolute Gasteiger partial charge is 0.296 e. The van der Waals surface area contributed by atoms with Gasteiger partial charge in [0.25, 0.3) is 0 Å². The topological polar surface area (TPSA) is 40.6 Å². The molecule has 29 heavy (non-hydrogen) atoms. The minimum atomic E-state index is -3.53. The molecule has 0 spiro atoms. The van der Waals surface area contributed by atoms with Gasteiger partial charge in [0, 0.05) is 42.8 Å². The van der Waals surface area contributed by atoms with Gasteiger partial charge in [-0.15, -0.1) is 0 Å². The fraction of sp³-hybridized carbons (Fsp3) is 0.455. The summed E-state index contributed by atoms with van der Waals surface area (Å²) in [5.41, 5.74) is 6.01. The average Bonchev–Trinajstić information content (AvgIpc) is 2.67. The Morgan fingerprint density at radius 2 is 1.34 bits per heavy atom. The third kappa shape index (κ3) is 4.35. The number of hydrogen-bond donors (Lipinski definition) is 0. The van der Waals surface area contributed by atoms with Crippen LogP contribution in [0.2, 0.25) is 10.0 Å². The van der Waals surface area contributed by atoms with Gasteiger partial charge in [-0.3, -0.25) is 4.90 Å². The van der Waals surface area contributed by atoms with Crippen LogP contribution in [-0.4, -0.2) is 43.8 Å². The zero-order chi connectivity index (χ0) is 21.5. The molecule has 0 aromatic heterocycles. The molecule has 2 aromatic rings. The predicted octanol–water partition coefficient (Wildman–Crippen LogP) is 5.04. The van der Waals surface area contributed by atoms with Gasteiger partial charge in [-0.1, -0.05) is 29.3 Å². The van der Waals surface area contributed by atoms with E-state index in [1.807, 2.05) is 39.8 Å². The van der Waals surface area contributed by atoms with E-state index in [1.54, 1.807) is 10.4 Å². The van der Waals surface area contributed by atoms with Crippen LogP contribution in [0.1, 0.15) is 33.4 Å². The second kappa shape index (κ2) is 8.56. The first-order valence-electron chi connectivity index (χ1n) is 9.77. The highest BCUT2D eigenvalue weighted by Crippen LogP contribution is 2.32. The molecule has 1 heterocycles. The molecule has 1 aliphatic heterocycles. The van der Waals surface area contributed by atoms with Crippen molar-refractivity contribution in [3.8, 4) is 0 Å². The SMILES string of the molecule is Cc1c(C)c(C)c(S(=O)(=O)N2CCN(Cc3ccc(Cl)cc3Cl)CC2)c(C)c1C. The molecule has 4 nitrogen and oxygen atoms in total. The lowest BCUT2D eigenvalue weighted by Crippen LogP contribution is -2.48. The molecule has 158 valence electrons. The van der Waals surface area contributed by atoms with Crippen LogP contribution in [0.5, 0.6) is 0 Å². The maximum absolute atomic E-state index is 13.5. The van der Waals surface area contributed by atoms with Gasteiger partial charge < -0.3 is 0 Å². The Hall–Kier alpha value is -1.11. The van der Waals surface area contributed by atoms with E-state index < -0.39 is 10.0 Å². The first-order valence-corrected chi connectivity index (χ1v) is 12.0.